The topological polar surface area (TPSA) is 65.5 Å². The molecule has 25 heavy (non-hydrogen) atoms. The number of aryl methyl sites for hydroxylation is 1. The lowest BCUT2D eigenvalue weighted by molar-refractivity contribution is 0.270. The minimum atomic E-state index is -3.60. The number of rotatable bonds is 5. The lowest BCUT2D eigenvalue weighted by Crippen LogP contribution is -2.46. The molecule has 1 fully saturated rings. The summed E-state index contributed by atoms with van der Waals surface area (Å²) in [5.74, 6) is 0.884. The molecule has 0 bridgehead atoms. The van der Waals surface area contributed by atoms with Crippen LogP contribution in [0.2, 0.25) is 0 Å². The lowest BCUT2D eigenvalue weighted by Gasteiger charge is -2.34. The first-order valence-corrected chi connectivity index (χ1v) is 10.00. The Bertz CT molecular complexity index is 813. The number of hydrogen-bond donors (Lipinski definition) is 1. The number of aromatic nitrogens is 1. The third-order valence-corrected chi connectivity index (χ3v) is 6.07. The van der Waals surface area contributed by atoms with Gasteiger partial charge in [-0.1, -0.05) is 25.1 Å². The van der Waals surface area contributed by atoms with Crippen molar-refractivity contribution in [3.63, 3.8) is 0 Å². The van der Waals surface area contributed by atoms with E-state index in [1.54, 1.807) is 37.4 Å². The third-order valence-electron chi connectivity index (χ3n) is 4.53. The van der Waals surface area contributed by atoms with Crippen LogP contribution in [0.5, 0.6) is 0 Å². The average Bonchev–Trinajstić information content (AvgIpc) is 2.62. The second-order valence-electron chi connectivity index (χ2n) is 6.20. The smallest absolute Gasteiger partial charge is 0.262 e. The van der Waals surface area contributed by atoms with Crippen LogP contribution in [0.15, 0.2) is 47.5 Å². The molecule has 7 heteroatoms. The van der Waals surface area contributed by atoms with E-state index in [4.69, 9.17) is 0 Å². The zero-order chi connectivity index (χ0) is 17.9. The predicted molar refractivity (Wildman–Crippen MR) is 101 cm³/mol. The fourth-order valence-corrected chi connectivity index (χ4v) is 4.29. The molecule has 0 spiro atoms. The predicted octanol–water partition coefficient (Wildman–Crippen LogP) is 2.33. The highest BCUT2D eigenvalue weighted by molar-refractivity contribution is 7.92. The number of anilines is 2. The number of nitrogens with zero attached hydrogens (tertiary/aromatic N) is 3. The monoisotopic (exact) mass is 360 g/mol. The fourth-order valence-electron chi connectivity index (χ4n) is 2.99. The fraction of sp³-hybridized carbons (Fsp3) is 0.389. The van der Waals surface area contributed by atoms with Gasteiger partial charge in [-0.15, -0.1) is 0 Å². The van der Waals surface area contributed by atoms with E-state index in [1.165, 1.54) is 0 Å². The van der Waals surface area contributed by atoms with Gasteiger partial charge in [-0.3, -0.25) is 4.72 Å². The van der Waals surface area contributed by atoms with Gasteiger partial charge in [-0.05, 0) is 37.2 Å². The van der Waals surface area contributed by atoms with Gasteiger partial charge < -0.3 is 9.80 Å². The average molecular weight is 360 g/mol. The second-order valence-corrected chi connectivity index (χ2v) is 7.85. The van der Waals surface area contributed by atoms with Gasteiger partial charge in [-0.25, -0.2) is 13.4 Å². The highest BCUT2D eigenvalue weighted by Gasteiger charge is 2.18. The van der Waals surface area contributed by atoms with Crippen LogP contribution in [0.25, 0.3) is 0 Å². The molecule has 2 heterocycles. The molecule has 3 rings (SSSR count). The highest BCUT2D eigenvalue weighted by atomic mass is 32.2. The van der Waals surface area contributed by atoms with Crippen molar-refractivity contribution in [1.29, 1.82) is 0 Å². The van der Waals surface area contributed by atoms with Gasteiger partial charge in [0.05, 0.1) is 16.8 Å². The molecule has 6 nitrogen and oxygen atoms in total. The molecular weight excluding hydrogens is 336 g/mol. The minimum absolute atomic E-state index is 0.287. The molecule has 1 aliphatic heterocycles. The Morgan fingerprint density at radius 2 is 1.80 bits per heavy atom. The Kier molecular flexibility index (Phi) is 5.24. The summed E-state index contributed by atoms with van der Waals surface area (Å²) in [5.41, 5.74) is 1.19. The molecule has 0 unspecified atom stereocenters. The highest BCUT2D eigenvalue weighted by Crippen LogP contribution is 2.21. The van der Waals surface area contributed by atoms with Crippen LogP contribution in [0.4, 0.5) is 11.5 Å². The molecule has 1 aromatic carbocycles. The molecule has 1 saturated heterocycles. The Morgan fingerprint density at radius 1 is 1.08 bits per heavy atom. The first kappa shape index (κ1) is 17.7. The standard InChI is InChI=1S/C18H24N4O2S/c1-3-21-10-12-22(13-11-21)18-9-8-16(14-19-18)20-25(23,24)17-7-5-4-6-15(17)2/h4-9,14,20H,3,10-13H2,1-2H3. The number of benzene rings is 1. The maximum atomic E-state index is 12.5. The van der Waals surface area contributed by atoms with E-state index in [2.05, 4.69) is 26.4 Å². The SMILES string of the molecule is CCN1CCN(c2ccc(NS(=O)(=O)c3ccccc3C)cn2)CC1. The van der Waals surface area contributed by atoms with E-state index >= 15 is 0 Å². The van der Waals surface area contributed by atoms with Crippen LogP contribution < -0.4 is 9.62 Å². The number of sulfonamides is 1. The maximum absolute atomic E-state index is 12.5. The molecule has 0 aliphatic carbocycles. The van der Waals surface area contributed by atoms with Crippen LogP contribution in [0.1, 0.15) is 12.5 Å². The Balaban J connectivity index is 1.70. The number of pyridine rings is 1. The minimum Gasteiger partial charge on any atom is -0.354 e. The summed E-state index contributed by atoms with van der Waals surface area (Å²) in [6.07, 6.45) is 1.58. The third kappa shape index (κ3) is 4.11. The van der Waals surface area contributed by atoms with Gasteiger partial charge in [0.1, 0.15) is 5.82 Å². The lowest BCUT2D eigenvalue weighted by atomic mass is 10.2. The van der Waals surface area contributed by atoms with Gasteiger partial charge in [0.2, 0.25) is 0 Å². The van der Waals surface area contributed by atoms with E-state index in [-0.39, 0.29) is 4.90 Å². The second kappa shape index (κ2) is 7.41. The van der Waals surface area contributed by atoms with Crippen molar-refractivity contribution >= 4 is 21.5 Å². The molecular formula is C18H24N4O2S. The molecule has 134 valence electrons. The molecule has 0 radical (unpaired) electrons. The summed E-state index contributed by atoms with van der Waals surface area (Å²) in [7, 11) is -3.60. The molecule has 2 aromatic rings. The van der Waals surface area contributed by atoms with Gasteiger partial charge in [0, 0.05) is 26.2 Å². The number of hydrogen-bond acceptors (Lipinski definition) is 5. The van der Waals surface area contributed by atoms with Gasteiger partial charge >= 0.3 is 0 Å². The van der Waals surface area contributed by atoms with E-state index in [0.717, 1.165) is 38.5 Å². The van der Waals surface area contributed by atoms with Gasteiger partial charge in [0.25, 0.3) is 10.0 Å². The van der Waals surface area contributed by atoms with E-state index in [9.17, 15) is 8.42 Å². The van der Waals surface area contributed by atoms with Crippen molar-refractivity contribution in [2.24, 2.45) is 0 Å². The normalized spacial score (nSPS) is 16.0. The maximum Gasteiger partial charge on any atom is 0.262 e. The van der Waals surface area contributed by atoms with E-state index in [0.29, 0.717) is 11.3 Å². The zero-order valence-electron chi connectivity index (χ0n) is 14.6. The van der Waals surface area contributed by atoms with Gasteiger partial charge in [0.15, 0.2) is 0 Å². The van der Waals surface area contributed by atoms with Crippen molar-refractivity contribution in [2.45, 2.75) is 18.7 Å². The summed E-state index contributed by atoms with van der Waals surface area (Å²) in [6, 6.07) is 10.6. The van der Waals surface area contributed by atoms with Crippen molar-refractivity contribution in [2.75, 3.05) is 42.3 Å². The number of likely N-dealkylation sites (N-methyl/N-ethyl adjacent to an activating group) is 1. The first-order chi connectivity index (χ1) is 12.0. The molecule has 1 aromatic heterocycles. The van der Waals surface area contributed by atoms with E-state index < -0.39 is 10.0 Å². The first-order valence-electron chi connectivity index (χ1n) is 8.51. The number of piperazine rings is 1. The largest absolute Gasteiger partial charge is 0.354 e. The van der Waals surface area contributed by atoms with Crippen molar-refractivity contribution in [3.05, 3.63) is 48.2 Å². The zero-order valence-corrected chi connectivity index (χ0v) is 15.5. The summed E-state index contributed by atoms with van der Waals surface area (Å²) in [6.45, 7) is 8.96. The summed E-state index contributed by atoms with van der Waals surface area (Å²) < 4.78 is 27.7. The van der Waals surface area contributed by atoms with Crippen LogP contribution >= 0.6 is 0 Å². The molecule has 1 N–H and O–H groups in total. The van der Waals surface area contributed by atoms with Crippen molar-refractivity contribution < 1.29 is 8.42 Å². The number of nitrogens with one attached hydrogen (secondary N) is 1. The summed E-state index contributed by atoms with van der Waals surface area (Å²) in [4.78, 5) is 9.35. The summed E-state index contributed by atoms with van der Waals surface area (Å²) in [5, 5.41) is 0. The Hall–Kier alpha value is -2.12. The Morgan fingerprint density at radius 3 is 2.40 bits per heavy atom. The summed E-state index contributed by atoms with van der Waals surface area (Å²) >= 11 is 0. The van der Waals surface area contributed by atoms with Crippen molar-refractivity contribution in [3.8, 4) is 0 Å². The van der Waals surface area contributed by atoms with E-state index in [1.807, 2.05) is 12.1 Å². The molecule has 1 aliphatic rings. The quantitative estimate of drug-likeness (QED) is 0.886. The van der Waals surface area contributed by atoms with Crippen LogP contribution in [0, 0.1) is 6.92 Å². The van der Waals surface area contributed by atoms with Crippen LogP contribution in [-0.2, 0) is 10.0 Å². The van der Waals surface area contributed by atoms with Crippen molar-refractivity contribution in [1.82, 2.24) is 9.88 Å². The van der Waals surface area contributed by atoms with Gasteiger partial charge in [-0.2, -0.15) is 0 Å². The molecule has 0 atom stereocenters. The van der Waals surface area contributed by atoms with Crippen LogP contribution in [0.3, 0.4) is 0 Å². The van der Waals surface area contributed by atoms with Crippen LogP contribution in [-0.4, -0.2) is 51.0 Å². The molecule has 0 amide bonds. The Labute approximate surface area is 149 Å². The molecule has 0 saturated carbocycles.